The molecule has 1 aliphatic heterocycles. The molecule has 5 heteroatoms. The minimum atomic E-state index is -0.0904. The molecule has 1 saturated heterocycles. The zero-order chi connectivity index (χ0) is 15.7. The Morgan fingerprint density at radius 2 is 2.23 bits per heavy atom. The van der Waals surface area contributed by atoms with E-state index in [4.69, 9.17) is 4.52 Å². The van der Waals surface area contributed by atoms with E-state index in [0.717, 1.165) is 44.5 Å². The van der Waals surface area contributed by atoms with Gasteiger partial charge in [-0.05, 0) is 39.0 Å². The first-order valence-corrected chi connectivity index (χ1v) is 8.60. The highest BCUT2D eigenvalue weighted by atomic mass is 16.5. The van der Waals surface area contributed by atoms with Crippen LogP contribution in [0.25, 0.3) is 0 Å². The summed E-state index contributed by atoms with van der Waals surface area (Å²) in [5.74, 6) is 1.80. The van der Waals surface area contributed by atoms with Crippen molar-refractivity contribution in [3.63, 3.8) is 0 Å². The maximum atomic E-state index is 12.4. The van der Waals surface area contributed by atoms with Gasteiger partial charge in [-0.15, -0.1) is 0 Å². The van der Waals surface area contributed by atoms with Crippen molar-refractivity contribution in [2.75, 3.05) is 13.1 Å². The van der Waals surface area contributed by atoms with Crippen LogP contribution in [0.3, 0.4) is 0 Å². The molecule has 2 aliphatic rings. The predicted octanol–water partition coefficient (Wildman–Crippen LogP) is 2.79. The number of hydrogen-bond donors (Lipinski definition) is 1. The molecule has 2 heterocycles. The second kappa shape index (κ2) is 6.41. The van der Waals surface area contributed by atoms with Crippen LogP contribution in [0.2, 0.25) is 0 Å². The van der Waals surface area contributed by atoms with E-state index in [2.05, 4.69) is 36.1 Å². The van der Waals surface area contributed by atoms with Gasteiger partial charge in [-0.1, -0.05) is 18.5 Å². The van der Waals surface area contributed by atoms with Crippen LogP contribution < -0.4 is 5.32 Å². The lowest BCUT2D eigenvalue weighted by molar-refractivity contribution is 0.0919. The molecule has 1 aromatic heterocycles. The van der Waals surface area contributed by atoms with Gasteiger partial charge in [0.25, 0.3) is 5.91 Å². The number of nitrogens with zero attached hydrogens (tertiary/aromatic N) is 2. The highest BCUT2D eigenvalue weighted by Crippen LogP contribution is 2.40. The average molecular weight is 305 g/mol. The van der Waals surface area contributed by atoms with Gasteiger partial charge < -0.3 is 9.84 Å². The lowest BCUT2D eigenvalue weighted by atomic mass is 9.98. The molecule has 0 aromatic carbocycles. The Morgan fingerprint density at radius 1 is 1.45 bits per heavy atom. The van der Waals surface area contributed by atoms with Crippen LogP contribution in [0.4, 0.5) is 0 Å². The van der Waals surface area contributed by atoms with Gasteiger partial charge in [0.2, 0.25) is 0 Å². The number of likely N-dealkylation sites (tertiary alicyclic amines) is 1. The summed E-state index contributed by atoms with van der Waals surface area (Å²) in [6, 6.07) is 2.56. The topological polar surface area (TPSA) is 58.4 Å². The summed E-state index contributed by atoms with van der Waals surface area (Å²) in [5, 5.41) is 7.13. The second-order valence-corrected chi connectivity index (χ2v) is 7.07. The Morgan fingerprint density at radius 3 is 2.86 bits per heavy atom. The maximum absolute atomic E-state index is 12.4. The van der Waals surface area contributed by atoms with E-state index in [1.54, 1.807) is 0 Å². The van der Waals surface area contributed by atoms with E-state index >= 15 is 0 Å². The molecule has 3 rings (SSSR count). The number of amides is 1. The summed E-state index contributed by atoms with van der Waals surface area (Å²) in [4.78, 5) is 14.9. The molecule has 2 unspecified atom stereocenters. The first kappa shape index (κ1) is 15.5. The maximum Gasteiger partial charge on any atom is 0.273 e. The highest BCUT2D eigenvalue weighted by molar-refractivity contribution is 5.92. The molecule has 1 saturated carbocycles. The Hall–Kier alpha value is -1.36. The molecule has 1 amide bonds. The number of hydrogen-bond acceptors (Lipinski definition) is 4. The molecule has 2 atom stereocenters. The van der Waals surface area contributed by atoms with E-state index < -0.39 is 0 Å². The largest absolute Gasteiger partial charge is 0.360 e. The van der Waals surface area contributed by atoms with Crippen LogP contribution in [0, 0.1) is 5.92 Å². The molecule has 0 radical (unpaired) electrons. The van der Waals surface area contributed by atoms with E-state index in [1.807, 2.05) is 6.07 Å². The van der Waals surface area contributed by atoms with Crippen molar-refractivity contribution in [2.24, 2.45) is 5.92 Å². The third-order valence-corrected chi connectivity index (χ3v) is 4.92. The van der Waals surface area contributed by atoms with E-state index in [1.165, 1.54) is 0 Å². The fourth-order valence-corrected chi connectivity index (χ4v) is 3.35. The number of nitrogens with one attached hydrogen (secondary N) is 1. The van der Waals surface area contributed by atoms with Gasteiger partial charge in [-0.2, -0.15) is 0 Å². The molecule has 122 valence electrons. The van der Waals surface area contributed by atoms with Crippen molar-refractivity contribution in [1.29, 1.82) is 0 Å². The summed E-state index contributed by atoms with van der Waals surface area (Å²) in [6.45, 7) is 8.64. The van der Waals surface area contributed by atoms with Gasteiger partial charge in [0, 0.05) is 37.2 Å². The Balaban J connectivity index is 1.62. The molecule has 1 N–H and O–H groups in total. The SMILES string of the molecule is CCCC1CN(C(C)C)CC1NC(=O)c1cc(C2CC2)on1. The normalized spacial score (nSPS) is 25.8. The number of carbonyl (C=O) groups excluding carboxylic acids is 1. The monoisotopic (exact) mass is 305 g/mol. The van der Waals surface area contributed by atoms with Crippen LogP contribution in [0.5, 0.6) is 0 Å². The minimum absolute atomic E-state index is 0.0904. The second-order valence-electron chi connectivity index (χ2n) is 7.07. The molecular weight excluding hydrogens is 278 g/mol. The Bertz CT molecular complexity index is 522. The molecule has 2 fully saturated rings. The number of carbonyl (C=O) groups is 1. The van der Waals surface area contributed by atoms with Crippen molar-refractivity contribution in [3.05, 3.63) is 17.5 Å². The fraction of sp³-hybridized carbons (Fsp3) is 0.765. The lowest BCUT2D eigenvalue weighted by Crippen LogP contribution is -2.41. The van der Waals surface area contributed by atoms with Gasteiger partial charge in [0.1, 0.15) is 5.76 Å². The third-order valence-electron chi connectivity index (χ3n) is 4.92. The van der Waals surface area contributed by atoms with Crippen LogP contribution in [0.15, 0.2) is 10.6 Å². The zero-order valence-corrected chi connectivity index (χ0v) is 13.8. The number of rotatable bonds is 6. The molecule has 1 aliphatic carbocycles. The highest BCUT2D eigenvalue weighted by Gasteiger charge is 2.35. The summed E-state index contributed by atoms with van der Waals surface area (Å²) >= 11 is 0. The van der Waals surface area contributed by atoms with E-state index in [9.17, 15) is 4.79 Å². The fourth-order valence-electron chi connectivity index (χ4n) is 3.35. The first-order chi connectivity index (χ1) is 10.6. The van der Waals surface area contributed by atoms with E-state index in [-0.39, 0.29) is 11.9 Å². The Kier molecular flexibility index (Phi) is 4.52. The average Bonchev–Trinajstić information content (AvgIpc) is 3.07. The van der Waals surface area contributed by atoms with Crippen molar-refractivity contribution in [3.8, 4) is 0 Å². The van der Waals surface area contributed by atoms with Crippen LogP contribution in [-0.2, 0) is 0 Å². The molecule has 0 bridgehead atoms. The molecule has 5 nitrogen and oxygen atoms in total. The summed E-state index contributed by atoms with van der Waals surface area (Å²) in [7, 11) is 0. The molecule has 0 spiro atoms. The van der Waals surface area contributed by atoms with Crippen LogP contribution in [0.1, 0.15) is 68.6 Å². The quantitative estimate of drug-likeness (QED) is 0.878. The molecular formula is C17H27N3O2. The van der Waals surface area contributed by atoms with Gasteiger partial charge in [-0.3, -0.25) is 9.69 Å². The zero-order valence-electron chi connectivity index (χ0n) is 13.8. The molecule has 22 heavy (non-hydrogen) atoms. The summed E-state index contributed by atoms with van der Waals surface area (Å²) in [5.41, 5.74) is 0.431. The van der Waals surface area contributed by atoms with Crippen molar-refractivity contribution < 1.29 is 9.32 Å². The first-order valence-electron chi connectivity index (χ1n) is 8.60. The number of aromatic nitrogens is 1. The Labute approximate surface area is 132 Å². The van der Waals surface area contributed by atoms with Crippen LogP contribution in [-0.4, -0.2) is 41.1 Å². The van der Waals surface area contributed by atoms with Gasteiger partial charge in [0.15, 0.2) is 5.69 Å². The van der Waals surface area contributed by atoms with E-state index in [0.29, 0.717) is 23.6 Å². The van der Waals surface area contributed by atoms with Crippen molar-refractivity contribution in [1.82, 2.24) is 15.4 Å². The van der Waals surface area contributed by atoms with Crippen molar-refractivity contribution >= 4 is 5.91 Å². The minimum Gasteiger partial charge on any atom is -0.360 e. The van der Waals surface area contributed by atoms with Gasteiger partial charge >= 0.3 is 0 Å². The lowest BCUT2D eigenvalue weighted by Gasteiger charge is -2.20. The smallest absolute Gasteiger partial charge is 0.273 e. The summed E-state index contributed by atoms with van der Waals surface area (Å²) < 4.78 is 5.29. The standard InChI is InChI=1S/C17H27N3O2/c1-4-5-13-9-20(11(2)3)10-15(13)18-17(21)14-8-16(22-19-14)12-6-7-12/h8,11-13,15H,4-7,9-10H2,1-3H3,(H,18,21). The third kappa shape index (κ3) is 3.35. The predicted molar refractivity (Wildman–Crippen MR) is 84.8 cm³/mol. The van der Waals surface area contributed by atoms with Crippen molar-refractivity contribution in [2.45, 2.75) is 64.5 Å². The van der Waals surface area contributed by atoms with Gasteiger partial charge in [-0.25, -0.2) is 0 Å². The van der Waals surface area contributed by atoms with Crippen LogP contribution >= 0.6 is 0 Å². The summed E-state index contributed by atoms with van der Waals surface area (Å²) in [6.07, 6.45) is 4.61. The van der Waals surface area contributed by atoms with Gasteiger partial charge in [0.05, 0.1) is 0 Å². The molecule has 1 aromatic rings.